The van der Waals surface area contributed by atoms with Gasteiger partial charge in [0.1, 0.15) is 0 Å². The molecule has 0 saturated carbocycles. The van der Waals surface area contributed by atoms with Crippen molar-refractivity contribution in [1.29, 1.82) is 0 Å². The third-order valence-electron chi connectivity index (χ3n) is 5.98. The molecule has 1 saturated heterocycles. The van der Waals surface area contributed by atoms with Crippen molar-refractivity contribution < 1.29 is 4.74 Å². The zero-order valence-electron chi connectivity index (χ0n) is 19.2. The molecule has 1 aliphatic rings. The molecule has 5 heterocycles. The fourth-order valence-corrected chi connectivity index (χ4v) is 4.22. The first-order chi connectivity index (χ1) is 16.1. The number of fused-ring (bicyclic) bond motifs is 1. The predicted octanol–water partition coefficient (Wildman–Crippen LogP) is 3.42. The zero-order valence-corrected chi connectivity index (χ0v) is 19.2. The first-order valence-electron chi connectivity index (χ1n) is 11.4. The van der Waals surface area contributed by atoms with Gasteiger partial charge in [0.25, 0.3) is 0 Å². The lowest BCUT2D eigenvalue weighted by atomic mass is 9.98. The van der Waals surface area contributed by atoms with Gasteiger partial charge in [-0.3, -0.25) is 4.68 Å². The summed E-state index contributed by atoms with van der Waals surface area (Å²) in [7, 11) is 1.60. The van der Waals surface area contributed by atoms with Gasteiger partial charge in [0.15, 0.2) is 11.3 Å². The number of nitrogens with zero attached hydrogens (tertiary/aromatic N) is 7. The molecule has 0 aromatic carbocycles. The van der Waals surface area contributed by atoms with E-state index < -0.39 is 0 Å². The van der Waals surface area contributed by atoms with Gasteiger partial charge in [-0.05, 0) is 57.8 Å². The molecule has 0 amide bonds. The van der Waals surface area contributed by atoms with Gasteiger partial charge in [-0.15, -0.1) is 0 Å². The maximum absolute atomic E-state index is 5.51. The Labute approximate surface area is 192 Å². The van der Waals surface area contributed by atoms with Gasteiger partial charge in [-0.25, -0.2) is 19.9 Å². The topological polar surface area (TPSA) is 108 Å². The minimum absolute atomic E-state index is 0.262. The Morgan fingerprint density at radius 3 is 2.79 bits per heavy atom. The molecule has 4 aromatic rings. The normalized spacial score (nSPS) is 14.8. The number of rotatable bonds is 7. The third kappa shape index (κ3) is 4.51. The van der Waals surface area contributed by atoms with E-state index in [4.69, 9.17) is 4.74 Å². The van der Waals surface area contributed by atoms with E-state index >= 15 is 0 Å². The second kappa shape index (κ2) is 9.14. The van der Waals surface area contributed by atoms with Crippen LogP contribution in [0, 0.1) is 5.92 Å². The Morgan fingerprint density at radius 2 is 2.00 bits per heavy atom. The number of hydrogen-bond acceptors (Lipinski definition) is 8. The predicted molar refractivity (Wildman–Crippen MR) is 127 cm³/mol. The highest BCUT2D eigenvalue weighted by atomic mass is 16.5. The summed E-state index contributed by atoms with van der Waals surface area (Å²) in [5.41, 5.74) is 3.08. The lowest BCUT2D eigenvalue weighted by molar-refractivity contribution is 0.321. The Morgan fingerprint density at radius 1 is 1.15 bits per heavy atom. The number of hydrogen-bond donors (Lipinski definition) is 2. The Kier molecular flexibility index (Phi) is 5.91. The van der Waals surface area contributed by atoms with Crippen molar-refractivity contribution in [1.82, 2.24) is 39.6 Å². The average Bonchev–Trinajstić information content (AvgIpc) is 3.46. The smallest absolute Gasteiger partial charge is 0.242 e. The standard InChI is InChI=1S/C23H29N9O/c1-15(2)32-14-26-21-19(32)12-18(27-22(21)33-3)17-6-10-25-23(28-17)29-20-7-11-31(30-20)13-16-4-8-24-9-5-16/h6-7,10-12,14-16,24H,4-5,8-9,13H2,1-3H3,(H,25,28,29,30). The largest absolute Gasteiger partial charge is 0.479 e. The molecular formula is C23H29N9O. The van der Waals surface area contributed by atoms with Crippen LogP contribution in [0.25, 0.3) is 22.4 Å². The Balaban J connectivity index is 1.38. The van der Waals surface area contributed by atoms with Crippen LogP contribution in [0.1, 0.15) is 32.7 Å². The molecule has 0 unspecified atom stereocenters. The van der Waals surface area contributed by atoms with Crippen LogP contribution in [-0.4, -0.2) is 54.5 Å². The minimum Gasteiger partial charge on any atom is -0.479 e. The summed E-state index contributed by atoms with van der Waals surface area (Å²) in [4.78, 5) is 18.2. The van der Waals surface area contributed by atoms with Crippen LogP contribution >= 0.6 is 0 Å². The second-order valence-electron chi connectivity index (χ2n) is 8.64. The molecule has 5 rings (SSSR count). The van der Waals surface area contributed by atoms with Gasteiger partial charge in [0, 0.05) is 31.0 Å². The monoisotopic (exact) mass is 447 g/mol. The van der Waals surface area contributed by atoms with Gasteiger partial charge in [-0.2, -0.15) is 5.10 Å². The van der Waals surface area contributed by atoms with Gasteiger partial charge < -0.3 is 19.9 Å². The number of anilines is 2. The van der Waals surface area contributed by atoms with Crippen molar-refractivity contribution in [2.75, 3.05) is 25.5 Å². The van der Waals surface area contributed by atoms with E-state index in [-0.39, 0.29) is 6.04 Å². The Bertz CT molecular complexity index is 1240. The molecule has 10 nitrogen and oxygen atoms in total. The molecule has 1 aliphatic heterocycles. The molecule has 0 bridgehead atoms. The average molecular weight is 448 g/mol. The number of pyridine rings is 1. The van der Waals surface area contributed by atoms with Gasteiger partial charge in [-0.1, -0.05) is 0 Å². The first-order valence-corrected chi connectivity index (χ1v) is 11.4. The maximum Gasteiger partial charge on any atom is 0.242 e. The zero-order chi connectivity index (χ0) is 22.8. The van der Waals surface area contributed by atoms with Crippen LogP contribution in [0.2, 0.25) is 0 Å². The molecule has 10 heteroatoms. The van der Waals surface area contributed by atoms with Gasteiger partial charge in [0.2, 0.25) is 11.8 Å². The van der Waals surface area contributed by atoms with E-state index in [9.17, 15) is 0 Å². The van der Waals surface area contributed by atoms with E-state index in [1.807, 2.05) is 35.4 Å². The number of ether oxygens (including phenoxy) is 1. The quantitative estimate of drug-likeness (QED) is 0.444. The Hall–Kier alpha value is -3.53. The van der Waals surface area contributed by atoms with Crippen LogP contribution in [0.5, 0.6) is 5.88 Å². The summed E-state index contributed by atoms with van der Waals surface area (Å²) in [6.45, 7) is 7.33. The SMILES string of the molecule is COc1nc(-c2ccnc(Nc3ccn(CC4CCNCC4)n3)n2)cc2c1ncn2C(C)C. The maximum atomic E-state index is 5.51. The molecular weight excluding hydrogens is 418 g/mol. The number of aromatic nitrogens is 7. The van der Waals surface area contributed by atoms with Crippen molar-refractivity contribution >= 4 is 22.8 Å². The molecule has 33 heavy (non-hydrogen) atoms. The molecule has 0 spiro atoms. The highest BCUT2D eigenvalue weighted by Crippen LogP contribution is 2.29. The van der Waals surface area contributed by atoms with Gasteiger partial charge >= 0.3 is 0 Å². The highest BCUT2D eigenvalue weighted by Gasteiger charge is 2.17. The molecule has 4 aromatic heterocycles. The number of nitrogens with one attached hydrogen (secondary N) is 2. The van der Waals surface area contributed by atoms with Crippen molar-refractivity contribution in [2.45, 2.75) is 39.3 Å². The van der Waals surface area contributed by atoms with E-state index in [2.05, 4.69) is 54.1 Å². The second-order valence-corrected chi connectivity index (χ2v) is 8.64. The van der Waals surface area contributed by atoms with Crippen molar-refractivity contribution in [3.63, 3.8) is 0 Å². The van der Waals surface area contributed by atoms with Crippen molar-refractivity contribution in [3.8, 4) is 17.3 Å². The molecule has 0 radical (unpaired) electrons. The summed E-state index contributed by atoms with van der Waals surface area (Å²) in [5, 5.41) is 11.3. The van der Waals surface area contributed by atoms with Crippen LogP contribution in [0.3, 0.4) is 0 Å². The van der Waals surface area contributed by atoms with E-state index in [0.717, 1.165) is 36.5 Å². The third-order valence-corrected chi connectivity index (χ3v) is 5.98. The molecule has 1 fully saturated rings. The lowest BCUT2D eigenvalue weighted by Crippen LogP contribution is -2.30. The number of imidazole rings is 1. The minimum atomic E-state index is 0.262. The summed E-state index contributed by atoms with van der Waals surface area (Å²) < 4.78 is 9.60. The fraction of sp³-hybridized carbons (Fsp3) is 0.435. The highest BCUT2D eigenvalue weighted by molar-refractivity contribution is 5.84. The molecule has 2 N–H and O–H groups in total. The van der Waals surface area contributed by atoms with Crippen molar-refractivity contribution in [2.24, 2.45) is 5.92 Å². The number of piperidine rings is 1. The molecule has 172 valence electrons. The van der Waals surface area contributed by atoms with Crippen molar-refractivity contribution in [3.05, 3.63) is 36.9 Å². The number of methoxy groups -OCH3 is 1. The van der Waals surface area contributed by atoms with Crippen LogP contribution in [-0.2, 0) is 6.54 Å². The van der Waals surface area contributed by atoms with Crippen LogP contribution < -0.4 is 15.4 Å². The summed E-state index contributed by atoms with van der Waals surface area (Å²) in [5.74, 6) is 2.33. The van der Waals surface area contributed by atoms with Crippen LogP contribution in [0.15, 0.2) is 36.9 Å². The van der Waals surface area contributed by atoms with E-state index in [1.165, 1.54) is 12.8 Å². The molecule has 0 atom stereocenters. The van der Waals surface area contributed by atoms with E-state index in [1.54, 1.807) is 13.3 Å². The first kappa shape index (κ1) is 21.3. The fourth-order valence-electron chi connectivity index (χ4n) is 4.22. The summed E-state index contributed by atoms with van der Waals surface area (Å²) >= 11 is 0. The van der Waals surface area contributed by atoms with E-state index in [0.29, 0.717) is 29.1 Å². The lowest BCUT2D eigenvalue weighted by Gasteiger charge is -2.22. The van der Waals surface area contributed by atoms with Gasteiger partial charge in [0.05, 0.1) is 30.3 Å². The van der Waals surface area contributed by atoms with Crippen LogP contribution in [0.4, 0.5) is 11.8 Å². The summed E-state index contributed by atoms with van der Waals surface area (Å²) in [6, 6.07) is 6.04. The summed E-state index contributed by atoms with van der Waals surface area (Å²) in [6.07, 6.45) is 7.90. The molecule has 0 aliphatic carbocycles.